The Morgan fingerprint density at radius 3 is 2.61 bits per heavy atom. The van der Waals surface area contributed by atoms with E-state index in [1.807, 2.05) is 60.3 Å². The highest BCUT2D eigenvalue weighted by Gasteiger charge is 2.12. The average molecular weight is 378 g/mol. The van der Waals surface area contributed by atoms with Gasteiger partial charge in [0.2, 0.25) is 0 Å². The van der Waals surface area contributed by atoms with Gasteiger partial charge in [-0.15, -0.1) is 0 Å². The number of nitrogens with zero attached hydrogens (tertiary/aromatic N) is 2. The summed E-state index contributed by atoms with van der Waals surface area (Å²) in [5.41, 5.74) is 3.25. The monoisotopic (exact) mass is 378 g/mol. The molecule has 0 aliphatic heterocycles. The second kappa shape index (κ2) is 9.60. The molecule has 1 unspecified atom stereocenters. The van der Waals surface area contributed by atoms with E-state index in [-0.39, 0.29) is 12.1 Å². The van der Waals surface area contributed by atoms with Crippen molar-refractivity contribution >= 4 is 6.03 Å². The second-order valence-electron chi connectivity index (χ2n) is 6.58. The number of ether oxygens (including phenoxy) is 1. The van der Waals surface area contributed by atoms with Crippen LogP contribution in [-0.4, -0.2) is 22.9 Å². The molecule has 3 rings (SSSR count). The SMILES string of the molecule is CCC(NC(=O)NCc1cccc(Cn2cccn2)c1)c1ccc(OC)cc1. The highest BCUT2D eigenvalue weighted by Crippen LogP contribution is 2.20. The maximum atomic E-state index is 12.4. The molecule has 2 N–H and O–H groups in total. The van der Waals surface area contributed by atoms with Crippen molar-refractivity contribution in [1.82, 2.24) is 20.4 Å². The molecule has 1 atom stereocenters. The number of nitrogens with one attached hydrogen (secondary N) is 2. The van der Waals surface area contributed by atoms with Crippen molar-refractivity contribution in [2.24, 2.45) is 0 Å². The smallest absolute Gasteiger partial charge is 0.315 e. The number of hydrogen-bond acceptors (Lipinski definition) is 3. The molecule has 0 aliphatic rings. The van der Waals surface area contributed by atoms with Gasteiger partial charge < -0.3 is 15.4 Å². The molecule has 3 aromatic rings. The van der Waals surface area contributed by atoms with Gasteiger partial charge in [-0.1, -0.05) is 43.3 Å². The highest BCUT2D eigenvalue weighted by molar-refractivity contribution is 5.74. The van der Waals surface area contributed by atoms with Crippen LogP contribution in [-0.2, 0) is 13.1 Å². The molecule has 6 heteroatoms. The zero-order valence-corrected chi connectivity index (χ0v) is 16.3. The van der Waals surface area contributed by atoms with E-state index in [0.29, 0.717) is 13.1 Å². The maximum Gasteiger partial charge on any atom is 0.315 e. The fraction of sp³-hybridized carbons (Fsp3) is 0.273. The number of benzene rings is 2. The van der Waals surface area contributed by atoms with Gasteiger partial charge in [0, 0.05) is 18.9 Å². The summed E-state index contributed by atoms with van der Waals surface area (Å²) >= 11 is 0. The summed E-state index contributed by atoms with van der Waals surface area (Å²) in [6.07, 6.45) is 4.50. The number of carbonyl (C=O) groups is 1. The lowest BCUT2D eigenvalue weighted by Gasteiger charge is -2.18. The number of aromatic nitrogens is 2. The van der Waals surface area contributed by atoms with Crippen molar-refractivity contribution in [3.8, 4) is 5.75 Å². The van der Waals surface area contributed by atoms with Crippen molar-refractivity contribution in [3.63, 3.8) is 0 Å². The Hall–Kier alpha value is -3.28. The van der Waals surface area contributed by atoms with Gasteiger partial charge in [0.05, 0.1) is 19.7 Å². The first-order valence-corrected chi connectivity index (χ1v) is 9.41. The van der Waals surface area contributed by atoms with Gasteiger partial charge in [-0.05, 0) is 41.3 Å². The van der Waals surface area contributed by atoms with Crippen molar-refractivity contribution in [2.45, 2.75) is 32.5 Å². The molecule has 146 valence electrons. The van der Waals surface area contributed by atoms with Crippen LogP contribution in [0.15, 0.2) is 67.0 Å². The molecule has 6 nitrogen and oxygen atoms in total. The Morgan fingerprint density at radius 1 is 1.14 bits per heavy atom. The minimum Gasteiger partial charge on any atom is -0.497 e. The van der Waals surface area contributed by atoms with E-state index in [1.165, 1.54) is 0 Å². The van der Waals surface area contributed by atoms with Crippen LogP contribution in [0, 0.1) is 0 Å². The summed E-state index contributed by atoms with van der Waals surface area (Å²) in [7, 11) is 1.64. The predicted molar refractivity (Wildman–Crippen MR) is 109 cm³/mol. The van der Waals surface area contributed by atoms with E-state index in [9.17, 15) is 4.79 Å². The minimum absolute atomic E-state index is 0.0444. The molecular formula is C22H26N4O2. The summed E-state index contributed by atoms with van der Waals surface area (Å²) in [4.78, 5) is 12.4. The molecule has 1 heterocycles. The normalized spacial score (nSPS) is 11.6. The second-order valence-corrected chi connectivity index (χ2v) is 6.58. The van der Waals surface area contributed by atoms with E-state index in [2.05, 4.69) is 27.9 Å². The molecule has 28 heavy (non-hydrogen) atoms. The van der Waals surface area contributed by atoms with Gasteiger partial charge in [0.15, 0.2) is 0 Å². The van der Waals surface area contributed by atoms with Crippen LogP contribution in [0.3, 0.4) is 0 Å². The van der Waals surface area contributed by atoms with Crippen molar-refractivity contribution in [2.75, 3.05) is 7.11 Å². The van der Waals surface area contributed by atoms with Crippen LogP contribution in [0.4, 0.5) is 4.79 Å². The number of methoxy groups -OCH3 is 1. The number of urea groups is 1. The van der Waals surface area contributed by atoms with Crippen LogP contribution in [0.1, 0.15) is 36.1 Å². The first-order valence-electron chi connectivity index (χ1n) is 9.41. The molecule has 0 fully saturated rings. The number of rotatable bonds is 8. The fourth-order valence-corrected chi connectivity index (χ4v) is 3.07. The first kappa shape index (κ1) is 19.5. The average Bonchev–Trinajstić information content (AvgIpc) is 3.24. The van der Waals surface area contributed by atoms with Crippen LogP contribution in [0.2, 0.25) is 0 Å². The van der Waals surface area contributed by atoms with Gasteiger partial charge in [0.1, 0.15) is 5.75 Å². The Kier molecular flexibility index (Phi) is 6.68. The quantitative estimate of drug-likeness (QED) is 0.625. The summed E-state index contributed by atoms with van der Waals surface area (Å²) in [5.74, 6) is 0.804. The summed E-state index contributed by atoms with van der Waals surface area (Å²) in [5, 5.41) is 10.2. The maximum absolute atomic E-state index is 12.4. The van der Waals surface area contributed by atoms with Crippen LogP contribution < -0.4 is 15.4 Å². The third-order valence-corrected chi connectivity index (χ3v) is 4.58. The lowest BCUT2D eigenvalue weighted by molar-refractivity contribution is 0.236. The van der Waals surface area contributed by atoms with E-state index in [1.54, 1.807) is 13.3 Å². The third kappa shape index (κ3) is 5.36. The zero-order valence-electron chi connectivity index (χ0n) is 16.3. The lowest BCUT2D eigenvalue weighted by Crippen LogP contribution is -2.37. The molecule has 1 aromatic heterocycles. The fourth-order valence-electron chi connectivity index (χ4n) is 3.07. The number of amides is 2. The van der Waals surface area contributed by atoms with Gasteiger partial charge in [-0.2, -0.15) is 5.10 Å². The Labute approximate surface area is 165 Å². The lowest BCUT2D eigenvalue weighted by atomic mass is 10.0. The Bertz CT molecular complexity index is 876. The predicted octanol–water partition coefficient (Wildman–Crippen LogP) is 3.89. The molecule has 0 bridgehead atoms. The minimum atomic E-state index is -0.180. The first-order chi connectivity index (χ1) is 13.7. The Morgan fingerprint density at radius 2 is 1.93 bits per heavy atom. The zero-order chi connectivity index (χ0) is 19.8. The van der Waals surface area contributed by atoms with Crippen molar-refractivity contribution in [3.05, 3.63) is 83.7 Å². The molecule has 2 amide bonds. The van der Waals surface area contributed by atoms with E-state index in [0.717, 1.165) is 28.9 Å². The summed E-state index contributed by atoms with van der Waals surface area (Å²) in [6.45, 7) is 3.23. The van der Waals surface area contributed by atoms with Crippen LogP contribution in [0.5, 0.6) is 5.75 Å². The highest BCUT2D eigenvalue weighted by atomic mass is 16.5. The third-order valence-electron chi connectivity index (χ3n) is 4.58. The number of carbonyl (C=O) groups excluding carboxylic acids is 1. The van der Waals surface area contributed by atoms with E-state index in [4.69, 9.17) is 4.74 Å². The van der Waals surface area contributed by atoms with Gasteiger partial charge in [-0.25, -0.2) is 4.79 Å². The van der Waals surface area contributed by atoms with E-state index < -0.39 is 0 Å². The van der Waals surface area contributed by atoms with Crippen LogP contribution >= 0.6 is 0 Å². The van der Waals surface area contributed by atoms with Gasteiger partial charge in [0.25, 0.3) is 0 Å². The van der Waals surface area contributed by atoms with Gasteiger partial charge in [-0.3, -0.25) is 4.68 Å². The largest absolute Gasteiger partial charge is 0.497 e. The van der Waals surface area contributed by atoms with Crippen LogP contribution in [0.25, 0.3) is 0 Å². The van der Waals surface area contributed by atoms with E-state index >= 15 is 0 Å². The van der Waals surface area contributed by atoms with Crippen molar-refractivity contribution in [1.29, 1.82) is 0 Å². The molecule has 0 aliphatic carbocycles. The molecule has 0 saturated heterocycles. The topological polar surface area (TPSA) is 68.2 Å². The standard InChI is InChI=1S/C22H26N4O2/c1-3-21(19-8-10-20(28-2)11-9-19)25-22(27)23-15-17-6-4-7-18(14-17)16-26-13-5-12-24-26/h4-14,21H,3,15-16H2,1-2H3,(H2,23,25,27). The van der Waals surface area contributed by atoms with Gasteiger partial charge >= 0.3 is 6.03 Å². The molecular weight excluding hydrogens is 352 g/mol. The molecule has 0 radical (unpaired) electrons. The molecule has 0 spiro atoms. The molecule has 0 saturated carbocycles. The molecule has 2 aromatic carbocycles. The Balaban J connectivity index is 1.54. The summed E-state index contributed by atoms with van der Waals surface area (Å²) in [6, 6.07) is 17.6. The number of hydrogen-bond donors (Lipinski definition) is 2. The van der Waals surface area contributed by atoms with Crippen molar-refractivity contribution < 1.29 is 9.53 Å². The summed E-state index contributed by atoms with van der Waals surface area (Å²) < 4.78 is 7.06.